The zero-order valence-corrected chi connectivity index (χ0v) is 43.3. The van der Waals surface area contributed by atoms with E-state index in [0.717, 1.165) is 108 Å². The molecule has 0 radical (unpaired) electrons. The Morgan fingerprint density at radius 2 is 0.905 bits per heavy atom. The molecular formula is C58H69Cl2N7O7. The van der Waals surface area contributed by atoms with Gasteiger partial charge in [0, 0.05) is 71.4 Å². The molecule has 4 aromatic carbocycles. The predicted molar refractivity (Wildman–Crippen MR) is 292 cm³/mol. The molecule has 2 aliphatic carbocycles. The van der Waals surface area contributed by atoms with Crippen LogP contribution in [0.25, 0.3) is 21.8 Å². The average molecular weight is 1050 g/mol. The number of amides is 3. The van der Waals surface area contributed by atoms with Gasteiger partial charge in [-0.3, -0.25) is 24.0 Å². The Kier molecular flexibility index (Phi) is 18.6. The second-order valence-electron chi connectivity index (χ2n) is 20.6. The number of aromatic amines is 2. The molecule has 4 atom stereocenters. The van der Waals surface area contributed by atoms with E-state index in [9.17, 15) is 33.9 Å². The van der Waals surface area contributed by atoms with Gasteiger partial charge in [0.2, 0.25) is 11.8 Å². The number of carboxylic acid groups (broad SMARTS) is 1. The Hall–Kier alpha value is -6.32. The van der Waals surface area contributed by atoms with Crippen LogP contribution in [-0.2, 0) is 32.0 Å². The Balaban J connectivity index is 0.000000211. The summed E-state index contributed by atoms with van der Waals surface area (Å²) in [5.74, 6) is -0.349. The van der Waals surface area contributed by atoms with E-state index in [4.69, 9.17) is 17.2 Å². The first kappa shape index (κ1) is 55.4. The number of hydrogen-bond donors (Lipinski definition) is 6. The Bertz CT molecular complexity index is 2730. The number of nitrogens with two attached hydrogens (primary N) is 3. The molecule has 392 valence electrons. The molecule has 4 fully saturated rings. The number of halogens is 2. The number of aromatic nitrogens is 2. The summed E-state index contributed by atoms with van der Waals surface area (Å²) < 4.78 is 0. The third kappa shape index (κ3) is 12.3. The first-order valence-corrected chi connectivity index (χ1v) is 25.8. The topological polar surface area (TPSA) is 239 Å². The summed E-state index contributed by atoms with van der Waals surface area (Å²) in [5, 5.41) is 10.9. The van der Waals surface area contributed by atoms with Crippen LogP contribution < -0.4 is 17.2 Å². The number of likely N-dealkylation sites (tertiary alicyclic amines) is 2. The molecule has 3 amide bonds. The molecule has 2 aromatic heterocycles. The molecule has 2 aliphatic heterocycles. The highest BCUT2D eigenvalue weighted by atomic mass is 35.5. The normalized spacial score (nSPS) is 23.5. The monoisotopic (exact) mass is 1050 g/mol. The molecule has 10 rings (SSSR count). The number of aromatic carboxylic acids is 1. The Labute approximate surface area is 444 Å². The highest BCUT2D eigenvalue weighted by molar-refractivity contribution is 5.99. The van der Waals surface area contributed by atoms with Crippen LogP contribution in [0.2, 0.25) is 0 Å². The van der Waals surface area contributed by atoms with Crippen LogP contribution in [0.5, 0.6) is 0 Å². The van der Waals surface area contributed by atoms with Crippen molar-refractivity contribution in [1.82, 2.24) is 19.8 Å². The first-order valence-electron chi connectivity index (χ1n) is 25.8. The maximum Gasteiger partial charge on any atom is 0.352 e. The number of ketones is 2. The highest BCUT2D eigenvalue weighted by Crippen LogP contribution is 2.40. The van der Waals surface area contributed by atoms with E-state index >= 15 is 0 Å². The summed E-state index contributed by atoms with van der Waals surface area (Å²) >= 11 is 0. The van der Waals surface area contributed by atoms with Gasteiger partial charge in [0.1, 0.15) is 11.4 Å². The first-order chi connectivity index (χ1) is 34.9. The molecule has 14 nitrogen and oxygen atoms in total. The van der Waals surface area contributed by atoms with Crippen LogP contribution in [0, 0.1) is 23.7 Å². The fourth-order valence-corrected chi connectivity index (χ4v) is 12.2. The van der Waals surface area contributed by atoms with Crippen molar-refractivity contribution < 1.29 is 33.9 Å². The fraction of sp³-hybridized carbons (Fsp3) is 0.414. The lowest BCUT2D eigenvalue weighted by Gasteiger charge is -2.33. The number of carbonyl (C=O) groups is 6. The van der Waals surface area contributed by atoms with Gasteiger partial charge in [-0.15, -0.1) is 24.8 Å². The van der Waals surface area contributed by atoms with Crippen LogP contribution in [0.1, 0.15) is 119 Å². The van der Waals surface area contributed by atoms with Gasteiger partial charge in [-0.05, 0) is 148 Å². The summed E-state index contributed by atoms with van der Waals surface area (Å²) in [6.45, 7) is 2.53. The van der Waals surface area contributed by atoms with Crippen LogP contribution in [0.4, 0.5) is 0 Å². The van der Waals surface area contributed by atoms with E-state index < -0.39 is 24.0 Å². The minimum atomic E-state index is -1.02. The summed E-state index contributed by atoms with van der Waals surface area (Å²) in [5.41, 5.74) is 22.9. The highest BCUT2D eigenvalue weighted by Gasteiger charge is 2.46. The molecule has 0 spiro atoms. The summed E-state index contributed by atoms with van der Waals surface area (Å²) in [7, 11) is 0. The summed E-state index contributed by atoms with van der Waals surface area (Å²) in [6.07, 6.45) is 9.23. The van der Waals surface area contributed by atoms with Crippen LogP contribution in [0.15, 0.2) is 109 Å². The number of H-pyrrole nitrogens is 2. The number of carbonyl (C=O) groups excluding carboxylic acids is 5. The number of nitrogens with zero attached hydrogens (tertiary/aromatic N) is 2. The van der Waals surface area contributed by atoms with Crippen LogP contribution >= 0.6 is 24.8 Å². The minimum absolute atomic E-state index is 0. The van der Waals surface area contributed by atoms with Gasteiger partial charge in [0.15, 0.2) is 11.6 Å². The molecule has 6 aromatic rings. The molecule has 4 aliphatic rings. The second-order valence-corrected chi connectivity index (χ2v) is 20.6. The third-order valence-electron chi connectivity index (χ3n) is 16.2. The van der Waals surface area contributed by atoms with E-state index in [1.807, 2.05) is 94.7 Å². The maximum atomic E-state index is 13.9. The van der Waals surface area contributed by atoms with E-state index in [0.29, 0.717) is 43.7 Å². The quantitative estimate of drug-likeness (QED) is 0.0612. The molecular weight excluding hydrogens is 978 g/mol. The van der Waals surface area contributed by atoms with Crippen molar-refractivity contribution in [1.29, 1.82) is 0 Å². The van der Waals surface area contributed by atoms with Gasteiger partial charge < -0.3 is 42.1 Å². The van der Waals surface area contributed by atoms with E-state index in [2.05, 4.69) is 22.1 Å². The van der Waals surface area contributed by atoms with Crippen molar-refractivity contribution in [2.45, 2.75) is 101 Å². The minimum Gasteiger partial charge on any atom is -0.477 e. The van der Waals surface area contributed by atoms with Gasteiger partial charge in [-0.2, -0.15) is 0 Å². The summed E-state index contributed by atoms with van der Waals surface area (Å²) in [6, 6.07) is 33.6. The zero-order chi connectivity index (χ0) is 50.5. The van der Waals surface area contributed by atoms with Gasteiger partial charge in [-0.25, -0.2) is 4.79 Å². The van der Waals surface area contributed by atoms with Crippen molar-refractivity contribution in [2.75, 3.05) is 26.2 Å². The Morgan fingerprint density at radius 3 is 1.28 bits per heavy atom. The van der Waals surface area contributed by atoms with Gasteiger partial charge in [-0.1, -0.05) is 72.8 Å². The van der Waals surface area contributed by atoms with Crippen molar-refractivity contribution in [3.63, 3.8) is 0 Å². The Morgan fingerprint density at radius 1 is 0.514 bits per heavy atom. The van der Waals surface area contributed by atoms with Gasteiger partial charge in [0.05, 0.1) is 12.1 Å². The standard InChI is InChI=1S/C29H34N4O3.C29H33N3O4.2ClH/c30-17-18-6-9-21(10-7-18)29(36)33-13-12-23(20-4-2-1-3-5-20)27(33)26(34)15-19-8-11-24-22(14-19)16-25(32-24)28(31)35;30-17-18-6-9-21(10-7-18)28(34)32-13-12-23(20-4-2-1-3-5-20)27(32)26(33)15-19-8-11-24-22(14-19)16-25(31-24)29(35)36;;/h1-5,8,11,14,16,18,21,23,27,32H,6-7,9-10,12-13,15,17,30H2,(H2,31,35);1-5,8,11,14,16,18,21,23,27,31H,6-7,9-10,12-13,15,17,30H2,(H,35,36);2*1H/t2*18?,21?,23-,27-;;/m00../s1. The maximum absolute atomic E-state index is 13.9. The predicted octanol–water partition coefficient (Wildman–Crippen LogP) is 8.50. The average Bonchev–Trinajstić information content (AvgIpc) is 4.24. The van der Waals surface area contributed by atoms with E-state index in [1.165, 1.54) is 0 Å². The molecule has 2 saturated carbocycles. The van der Waals surface area contributed by atoms with Crippen LogP contribution in [0.3, 0.4) is 0 Å². The van der Waals surface area contributed by atoms with Crippen molar-refractivity contribution in [2.24, 2.45) is 40.9 Å². The number of nitrogens with one attached hydrogen (secondary N) is 2. The SMILES string of the molecule is Cl.Cl.NCC1CCC(C(=O)N2CC[C@@H](c3ccccc3)[C@H]2C(=O)Cc2ccc3[nH]c(C(=O)O)cc3c2)CC1.NCC1CCC(C(=O)N2CC[C@@H](c3ccccc3)[C@H]2C(=O)Cc2ccc3[nH]c(C(N)=O)cc3c2)CC1. The largest absolute Gasteiger partial charge is 0.477 e. The number of rotatable bonds is 14. The molecule has 4 heterocycles. The molecule has 74 heavy (non-hydrogen) atoms. The number of Topliss-reactive ketones (excluding diaryl/α,β-unsaturated/α-hetero) is 2. The van der Waals surface area contributed by atoms with Gasteiger partial charge in [0.25, 0.3) is 5.91 Å². The van der Waals surface area contributed by atoms with E-state index in [-0.39, 0.29) is 90.4 Å². The molecule has 9 N–H and O–H groups in total. The third-order valence-corrected chi connectivity index (χ3v) is 16.2. The van der Waals surface area contributed by atoms with E-state index in [1.54, 1.807) is 12.1 Å². The number of carboxylic acids is 1. The van der Waals surface area contributed by atoms with Gasteiger partial charge >= 0.3 is 5.97 Å². The molecule has 0 unspecified atom stereocenters. The lowest BCUT2D eigenvalue weighted by molar-refractivity contribution is -0.142. The van der Waals surface area contributed by atoms with Crippen molar-refractivity contribution in [3.8, 4) is 0 Å². The second kappa shape index (κ2) is 24.8. The van der Waals surface area contributed by atoms with Crippen LogP contribution in [-0.4, -0.2) is 98.4 Å². The van der Waals surface area contributed by atoms with Crippen molar-refractivity contribution >= 4 is 81.9 Å². The molecule has 2 saturated heterocycles. The summed E-state index contributed by atoms with van der Waals surface area (Å²) in [4.78, 5) is 87.5. The smallest absolute Gasteiger partial charge is 0.352 e. The molecule has 0 bridgehead atoms. The van der Waals surface area contributed by atoms with Crippen molar-refractivity contribution in [3.05, 3.63) is 143 Å². The number of benzene rings is 4. The molecule has 16 heteroatoms. The number of hydrogen-bond acceptors (Lipinski definition) is 8. The number of primary amides is 1. The fourth-order valence-electron chi connectivity index (χ4n) is 12.2. The number of fused-ring (bicyclic) bond motifs is 2. The lowest BCUT2D eigenvalue weighted by Crippen LogP contribution is -2.46. The lowest BCUT2D eigenvalue weighted by atomic mass is 9.81. The zero-order valence-electron chi connectivity index (χ0n) is 41.7.